The van der Waals surface area contributed by atoms with Crippen LogP contribution in [-0.2, 0) is 11.8 Å². The normalized spacial score (nSPS) is 11.8. The molecule has 1 aromatic heterocycles. The largest absolute Gasteiger partial charge is 0.252 e. The van der Waals surface area contributed by atoms with Crippen LogP contribution in [0.2, 0.25) is 0 Å². The lowest BCUT2D eigenvalue weighted by Gasteiger charge is -2.19. The first kappa shape index (κ1) is 14.7. The van der Waals surface area contributed by atoms with Gasteiger partial charge in [0.15, 0.2) is 0 Å². The molecule has 22 heavy (non-hydrogen) atoms. The summed E-state index contributed by atoms with van der Waals surface area (Å²) in [5.41, 5.74) is 4.58. The standard InChI is InChI=1S/C20H20FN/c1-20(2,3)16-7-4-14(5-8-16)12-18-10-6-15-13-17(21)9-11-19(15)22-18/h4-11,13H,12H2,1-3H3. The summed E-state index contributed by atoms with van der Waals surface area (Å²) in [6.07, 6.45) is 0.789. The van der Waals surface area contributed by atoms with Crippen LogP contribution in [0, 0.1) is 5.82 Å². The van der Waals surface area contributed by atoms with E-state index >= 15 is 0 Å². The van der Waals surface area contributed by atoms with Crippen LogP contribution in [0.3, 0.4) is 0 Å². The molecule has 112 valence electrons. The van der Waals surface area contributed by atoms with Gasteiger partial charge in [-0.25, -0.2) is 4.39 Å². The molecule has 0 saturated carbocycles. The summed E-state index contributed by atoms with van der Waals surface area (Å²) < 4.78 is 13.2. The fourth-order valence-corrected chi connectivity index (χ4v) is 2.57. The Morgan fingerprint density at radius 2 is 1.64 bits per heavy atom. The highest BCUT2D eigenvalue weighted by molar-refractivity contribution is 5.78. The Morgan fingerprint density at radius 1 is 0.909 bits per heavy atom. The number of pyridine rings is 1. The molecule has 3 aromatic rings. The van der Waals surface area contributed by atoms with Crippen LogP contribution in [0.5, 0.6) is 0 Å². The van der Waals surface area contributed by atoms with Gasteiger partial charge < -0.3 is 0 Å². The molecule has 2 aromatic carbocycles. The molecule has 2 heteroatoms. The summed E-state index contributed by atoms with van der Waals surface area (Å²) in [5, 5.41) is 0.840. The summed E-state index contributed by atoms with van der Waals surface area (Å²) in [4.78, 5) is 4.62. The Labute approximate surface area is 130 Å². The molecule has 0 aliphatic rings. The Morgan fingerprint density at radius 3 is 2.32 bits per heavy atom. The van der Waals surface area contributed by atoms with Crippen LogP contribution in [0.25, 0.3) is 10.9 Å². The van der Waals surface area contributed by atoms with Crippen molar-refractivity contribution in [2.75, 3.05) is 0 Å². The lowest BCUT2D eigenvalue weighted by atomic mass is 9.86. The molecule has 3 rings (SSSR count). The van der Waals surface area contributed by atoms with Crippen molar-refractivity contribution in [3.63, 3.8) is 0 Å². The first-order chi connectivity index (χ1) is 10.4. The number of benzene rings is 2. The molecule has 1 nitrogen and oxygen atoms in total. The molecule has 0 amide bonds. The molecule has 1 heterocycles. The van der Waals surface area contributed by atoms with E-state index < -0.39 is 0 Å². The van der Waals surface area contributed by atoms with Crippen molar-refractivity contribution in [2.45, 2.75) is 32.6 Å². The van der Waals surface area contributed by atoms with E-state index in [-0.39, 0.29) is 11.2 Å². The maximum atomic E-state index is 13.2. The molecule has 0 atom stereocenters. The number of halogens is 1. The second-order valence-corrected chi connectivity index (χ2v) is 6.76. The third-order valence-corrected chi connectivity index (χ3v) is 3.91. The topological polar surface area (TPSA) is 12.9 Å². The Balaban J connectivity index is 1.85. The van der Waals surface area contributed by atoms with E-state index in [1.807, 2.05) is 12.1 Å². The molecule has 0 spiro atoms. The quantitative estimate of drug-likeness (QED) is 0.628. The van der Waals surface area contributed by atoms with E-state index in [1.54, 1.807) is 6.07 Å². The summed E-state index contributed by atoms with van der Waals surface area (Å²) >= 11 is 0. The van der Waals surface area contributed by atoms with Gasteiger partial charge in [0.05, 0.1) is 5.52 Å². The molecule has 0 fully saturated rings. The third kappa shape index (κ3) is 3.16. The van der Waals surface area contributed by atoms with E-state index in [1.165, 1.54) is 23.3 Å². The number of fused-ring (bicyclic) bond motifs is 1. The van der Waals surface area contributed by atoms with Gasteiger partial charge in [0.25, 0.3) is 0 Å². The zero-order valence-corrected chi connectivity index (χ0v) is 13.2. The molecule has 0 aliphatic carbocycles. The zero-order valence-electron chi connectivity index (χ0n) is 13.2. The van der Waals surface area contributed by atoms with E-state index in [9.17, 15) is 4.39 Å². The predicted molar refractivity (Wildman–Crippen MR) is 89.6 cm³/mol. The fourth-order valence-electron chi connectivity index (χ4n) is 2.57. The summed E-state index contributed by atoms with van der Waals surface area (Å²) in [6.45, 7) is 6.64. The van der Waals surface area contributed by atoms with Crippen LogP contribution in [0.15, 0.2) is 54.6 Å². The first-order valence-corrected chi connectivity index (χ1v) is 7.56. The van der Waals surface area contributed by atoms with E-state index in [4.69, 9.17) is 0 Å². The predicted octanol–water partition coefficient (Wildman–Crippen LogP) is 5.26. The molecular formula is C20H20FN. The fraction of sp³-hybridized carbons (Fsp3) is 0.250. The second-order valence-electron chi connectivity index (χ2n) is 6.76. The van der Waals surface area contributed by atoms with Crippen LogP contribution in [0.4, 0.5) is 4.39 Å². The minimum Gasteiger partial charge on any atom is -0.252 e. The highest BCUT2D eigenvalue weighted by Crippen LogP contribution is 2.23. The van der Waals surface area contributed by atoms with E-state index in [2.05, 4.69) is 50.0 Å². The van der Waals surface area contributed by atoms with Gasteiger partial charge in [-0.05, 0) is 40.8 Å². The monoisotopic (exact) mass is 293 g/mol. The molecule has 0 saturated heterocycles. The van der Waals surface area contributed by atoms with Crippen LogP contribution < -0.4 is 0 Å². The molecule has 0 bridgehead atoms. The van der Waals surface area contributed by atoms with Gasteiger partial charge in [-0.2, -0.15) is 0 Å². The third-order valence-electron chi connectivity index (χ3n) is 3.91. The van der Waals surface area contributed by atoms with Crippen molar-refractivity contribution in [1.82, 2.24) is 4.98 Å². The number of rotatable bonds is 2. The maximum Gasteiger partial charge on any atom is 0.123 e. The van der Waals surface area contributed by atoms with Crippen molar-refractivity contribution >= 4 is 10.9 Å². The van der Waals surface area contributed by atoms with Gasteiger partial charge in [-0.15, -0.1) is 0 Å². The number of hydrogen-bond donors (Lipinski definition) is 0. The summed E-state index contributed by atoms with van der Waals surface area (Å²) in [7, 11) is 0. The number of nitrogens with zero attached hydrogens (tertiary/aromatic N) is 1. The van der Waals surface area contributed by atoms with Crippen molar-refractivity contribution in [1.29, 1.82) is 0 Å². The van der Waals surface area contributed by atoms with E-state index in [0.29, 0.717) is 0 Å². The Hall–Kier alpha value is -2.22. The van der Waals surface area contributed by atoms with Crippen molar-refractivity contribution in [3.8, 4) is 0 Å². The molecular weight excluding hydrogens is 273 g/mol. The van der Waals surface area contributed by atoms with Gasteiger partial charge in [-0.3, -0.25) is 4.98 Å². The van der Waals surface area contributed by atoms with Crippen molar-refractivity contribution in [3.05, 3.63) is 77.2 Å². The molecule has 0 radical (unpaired) electrons. The van der Waals surface area contributed by atoms with Crippen molar-refractivity contribution in [2.24, 2.45) is 0 Å². The highest BCUT2D eigenvalue weighted by atomic mass is 19.1. The Bertz CT molecular complexity index is 798. The summed E-state index contributed by atoms with van der Waals surface area (Å²) in [5.74, 6) is -0.222. The number of hydrogen-bond acceptors (Lipinski definition) is 1. The molecule has 0 unspecified atom stereocenters. The average molecular weight is 293 g/mol. The van der Waals surface area contributed by atoms with Crippen molar-refractivity contribution < 1.29 is 4.39 Å². The minimum absolute atomic E-state index is 0.170. The van der Waals surface area contributed by atoms with Gasteiger partial charge in [0.1, 0.15) is 5.82 Å². The van der Waals surface area contributed by atoms with Gasteiger partial charge in [0, 0.05) is 17.5 Å². The smallest absolute Gasteiger partial charge is 0.123 e. The van der Waals surface area contributed by atoms with Crippen LogP contribution in [0.1, 0.15) is 37.6 Å². The zero-order chi connectivity index (χ0) is 15.7. The summed E-state index contributed by atoms with van der Waals surface area (Å²) in [6, 6.07) is 17.3. The second kappa shape index (κ2) is 5.53. The van der Waals surface area contributed by atoms with Gasteiger partial charge in [-0.1, -0.05) is 51.1 Å². The average Bonchev–Trinajstić information content (AvgIpc) is 2.47. The Kier molecular flexibility index (Phi) is 3.69. The first-order valence-electron chi connectivity index (χ1n) is 7.56. The molecule has 0 N–H and O–H groups in total. The number of aromatic nitrogens is 1. The maximum absolute atomic E-state index is 13.2. The van der Waals surface area contributed by atoms with Gasteiger partial charge in [0.2, 0.25) is 0 Å². The van der Waals surface area contributed by atoms with E-state index in [0.717, 1.165) is 23.0 Å². The highest BCUT2D eigenvalue weighted by Gasteiger charge is 2.12. The molecule has 0 aliphatic heterocycles. The lowest BCUT2D eigenvalue weighted by molar-refractivity contribution is 0.590. The van der Waals surface area contributed by atoms with Crippen LogP contribution in [-0.4, -0.2) is 4.98 Å². The van der Waals surface area contributed by atoms with Gasteiger partial charge >= 0.3 is 0 Å². The minimum atomic E-state index is -0.222. The SMILES string of the molecule is CC(C)(C)c1ccc(Cc2ccc3cc(F)ccc3n2)cc1. The lowest BCUT2D eigenvalue weighted by Crippen LogP contribution is -2.10. The van der Waals surface area contributed by atoms with Crippen LogP contribution >= 0.6 is 0 Å².